The van der Waals surface area contributed by atoms with E-state index < -0.39 is 0 Å². The minimum atomic E-state index is -0.316. The number of benzene rings is 2. The van der Waals surface area contributed by atoms with Gasteiger partial charge in [0.2, 0.25) is 0 Å². The Labute approximate surface area is 222 Å². The molecule has 0 saturated carbocycles. The topological polar surface area (TPSA) is 75.3 Å². The van der Waals surface area contributed by atoms with Crippen LogP contribution in [0.3, 0.4) is 0 Å². The Morgan fingerprint density at radius 2 is 1.81 bits per heavy atom. The van der Waals surface area contributed by atoms with Crippen molar-refractivity contribution < 1.29 is 9.53 Å². The molecule has 1 saturated heterocycles. The summed E-state index contributed by atoms with van der Waals surface area (Å²) in [7, 11) is 0. The Morgan fingerprint density at radius 3 is 2.50 bits per heavy atom. The van der Waals surface area contributed by atoms with Crippen LogP contribution in [-0.2, 0) is 12.0 Å². The van der Waals surface area contributed by atoms with E-state index in [0.717, 1.165) is 37.2 Å². The van der Waals surface area contributed by atoms with Crippen molar-refractivity contribution in [3.63, 3.8) is 0 Å². The number of ether oxygens (including phenoxy) is 1. The molecule has 3 aromatic rings. The highest BCUT2D eigenvalue weighted by atomic mass is 35.5. The number of pyridine rings is 1. The smallest absolute Gasteiger partial charge is 0.258 e. The molecule has 3 N–H and O–H groups in total. The highest BCUT2D eigenvalue weighted by Gasteiger charge is 2.21. The maximum Gasteiger partial charge on any atom is 0.258 e. The normalized spacial score (nSPS) is 14.4. The average molecular weight is 527 g/mol. The Bertz CT molecular complexity index is 1200. The van der Waals surface area contributed by atoms with Crippen molar-refractivity contribution in [3.05, 3.63) is 81.5 Å². The summed E-state index contributed by atoms with van der Waals surface area (Å²) < 4.78 is 6.50. The lowest BCUT2D eigenvalue weighted by Gasteiger charge is -2.27. The Balaban J connectivity index is 1.55. The summed E-state index contributed by atoms with van der Waals surface area (Å²) in [5, 5.41) is 10.6. The van der Waals surface area contributed by atoms with Crippen LogP contribution in [0.15, 0.2) is 54.7 Å². The number of aromatic nitrogens is 1. The van der Waals surface area contributed by atoms with Gasteiger partial charge in [-0.15, -0.1) is 0 Å². The van der Waals surface area contributed by atoms with Gasteiger partial charge in [-0.1, -0.05) is 56.1 Å². The lowest BCUT2D eigenvalue weighted by atomic mass is 9.86. The van der Waals surface area contributed by atoms with Crippen molar-refractivity contribution >= 4 is 40.6 Å². The predicted molar refractivity (Wildman–Crippen MR) is 148 cm³/mol. The first-order chi connectivity index (χ1) is 17.2. The zero-order valence-electron chi connectivity index (χ0n) is 20.8. The van der Waals surface area contributed by atoms with Crippen molar-refractivity contribution in [1.82, 2.24) is 10.3 Å². The molecule has 1 aromatic heterocycles. The van der Waals surface area contributed by atoms with E-state index in [9.17, 15) is 4.79 Å². The number of nitrogens with one attached hydrogen (secondary N) is 3. The molecule has 2 heterocycles. The molecule has 36 heavy (non-hydrogen) atoms. The number of anilines is 2. The summed E-state index contributed by atoms with van der Waals surface area (Å²) in [4.78, 5) is 17.2. The van der Waals surface area contributed by atoms with Crippen LogP contribution < -0.4 is 20.7 Å². The van der Waals surface area contributed by atoms with Crippen LogP contribution in [0.2, 0.25) is 10.0 Å². The van der Waals surface area contributed by atoms with Gasteiger partial charge in [-0.3, -0.25) is 4.79 Å². The van der Waals surface area contributed by atoms with Gasteiger partial charge in [0.1, 0.15) is 17.7 Å². The van der Waals surface area contributed by atoms with Crippen molar-refractivity contribution in [3.8, 4) is 5.75 Å². The number of rotatable bonds is 7. The summed E-state index contributed by atoms with van der Waals surface area (Å²) >= 11 is 12.1. The first-order valence-electron chi connectivity index (χ1n) is 12.2. The van der Waals surface area contributed by atoms with E-state index in [-0.39, 0.29) is 17.4 Å². The summed E-state index contributed by atoms with van der Waals surface area (Å²) in [6, 6.07) is 14.9. The zero-order valence-corrected chi connectivity index (χ0v) is 22.3. The van der Waals surface area contributed by atoms with E-state index in [0.29, 0.717) is 33.7 Å². The van der Waals surface area contributed by atoms with Crippen molar-refractivity contribution in [1.29, 1.82) is 0 Å². The highest BCUT2D eigenvalue weighted by molar-refractivity contribution is 6.31. The number of piperidine rings is 1. The van der Waals surface area contributed by atoms with Crippen LogP contribution in [0.5, 0.6) is 5.75 Å². The number of amides is 1. The second-order valence-electron chi connectivity index (χ2n) is 10.00. The molecule has 2 aromatic carbocycles. The van der Waals surface area contributed by atoms with Gasteiger partial charge < -0.3 is 20.7 Å². The van der Waals surface area contributed by atoms with E-state index in [4.69, 9.17) is 27.9 Å². The van der Waals surface area contributed by atoms with Gasteiger partial charge >= 0.3 is 0 Å². The van der Waals surface area contributed by atoms with E-state index in [1.54, 1.807) is 24.3 Å². The number of halogens is 2. The third-order valence-corrected chi connectivity index (χ3v) is 6.64. The van der Waals surface area contributed by atoms with Crippen molar-refractivity contribution in [2.45, 2.75) is 51.7 Å². The minimum absolute atomic E-state index is 0.00925. The maximum atomic E-state index is 13.1. The Hall–Kier alpha value is -2.80. The quantitative estimate of drug-likeness (QED) is 0.320. The molecule has 0 radical (unpaired) electrons. The van der Waals surface area contributed by atoms with E-state index in [2.05, 4.69) is 59.9 Å². The summed E-state index contributed by atoms with van der Waals surface area (Å²) in [5.41, 5.74) is 3.35. The molecule has 0 unspecified atom stereocenters. The SMILES string of the molecule is CC(C)(C)c1ccc(CNc2ccc(Cl)cc2C(=O)Nc2ccc(Cl)cn2)c(OC2CCNCC2)c1. The molecule has 0 atom stereocenters. The van der Waals surface area contributed by atoms with Crippen molar-refractivity contribution in [2.24, 2.45) is 0 Å². The van der Waals surface area contributed by atoms with E-state index >= 15 is 0 Å². The summed E-state index contributed by atoms with van der Waals surface area (Å²) in [6.45, 7) is 9.01. The van der Waals surface area contributed by atoms with Crippen LogP contribution in [0.25, 0.3) is 0 Å². The van der Waals surface area contributed by atoms with Gasteiger partial charge in [0.15, 0.2) is 0 Å². The first kappa shape index (κ1) is 26.3. The summed E-state index contributed by atoms with van der Waals surface area (Å²) in [5.74, 6) is 0.974. The van der Waals surface area contributed by atoms with Crippen LogP contribution in [0.4, 0.5) is 11.5 Å². The molecule has 1 aliphatic rings. The Kier molecular flexibility index (Phi) is 8.39. The predicted octanol–water partition coefficient (Wildman–Crippen LogP) is 6.68. The molecular formula is C28H32Cl2N4O2. The fourth-order valence-corrected chi connectivity index (χ4v) is 4.34. The largest absolute Gasteiger partial charge is 0.490 e. The molecule has 0 spiro atoms. The fourth-order valence-electron chi connectivity index (χ4n) is 4.05. The van der Waals surface area contributed by atoms with E-state index in [1.807, 2.05) is 6.07 Å². The number of nitrogens with zero attached hydrogens (tertiary/aromatic N) is 1. The molecule has 8 heteroatoms. The number of carbonyl (C=O) groups excluding carboxylic acids is 1. The molecule has 0 bridgehead atoms. The zero-order chi connectivity index (χ0) is 25.7. The second-order valence-corrected chi connectivity index (χ2v) is 10.9. The Morgan fingerprint density at radius 1 is 1.06 bits per heavy atom. The standard InChI is InChI=1S/C28H32Cl2N4O2/c1-28(2,3)19-5-4-18(25(14-19)36-22-10-12-31-13-11-22)16-32-24-8-6-20(29)15-23(24)27(35)34-26-9-7-21(30)17-33-26/h4-9,14-15,17,22,31-32H,10-13,16H2,1-3H3,(H,33,34,35). The first-order valence-corrected chi connectivity index (χ1v) is 12.9. The lowest BCUT2D eigenvalue weighted by Crippen LogP contribution is -2.34. The van der Waals surface area contributed by atoms with Gasteiger partial charge in [0.05, 0.1) is 10.6 Å². The number of hydrogen-bond donors (Lipinski definition) is 3. The highest BCUT2D eigenvalue weighted by Crippen LogP contribution is 2.31. The number of hydrogen-bond acceptors (Lipinski definition) is 5. The van der Waals surface area contributed by atoms with Gasteiger partial charge in [0, 0.05) is 29.0 Å². The third-order valence-electron chi connectivity index (χ3n) is 6.18. The molecule has 190 valence electrons. The molecule has 4 rings (SSSR count). The molecular weight excluding hydrogens is 495 g/mol. The molecule has 1 amide bonds. The van der Waals surface area contributed by atoms with Gasteiger partial charge in [-0.25, -0.2) is 4.98 Å². The molecule has 1 fully saturated rings. The fraction of sp³-hybridized carbons (Fsp3) is 0.357. The second kappa shape index (κ2) is 11.5. The maximum absolute atomic E-state index is 13.1. The van der Waals surface area contributed by atoms with E-state index in [1.165, 1.54) is 11.8 Å². The summed E-state index contributed by atoms with van der Waals surface area (Å²) in [6.07, 6.45) is 3.63. The van der Waals surface area contributed by atoms with Gasteiger partial charge in [-0.2, -0.15) is 0 Å². The van der Waals surface area contributed by atoms with Gasteiger partial charge in [0.25, 0.3) is 5.91 Å². The van der Waals surface area contributed by atoms with Crippen LogP contribution >= 0.6 is 23.2 Å². The third kappa shape index (κ3) is 6.90. The average Bonchev–Trinajstić information content (AvgIpc) is 2.85. The van der Waals surface area contributed by atoms with Gasteiger partial charge in [-0.05, 0) is 73.3 Å². The van der Waals surface area contributed by atoms with Crippen molar-refractivity contribution in [2.75, 3.05) is 23.7 Å². The minimum Gasteiger partial charge on any atom is -0.490 e. The molecule has 0 aliphatic carbocycles. The molecule has 6 nitrogen and oxygen atoms in total. The van der Waals surface area contributed by atoms with Crippen LogP contribution in [-0.4, -0.2) is 30.1 Å². The monoisotopic (exact) mass is 526 g/mol. The lowest BCUT2D eigenvalue weighted by molar-refractivity contribution is 0.102. The van der Waals surface area contributed by atoms with Crippen LogP contribution in [0, 0.1) is 0 Å². The number of carbonyl (C=O) groups is 1. The molecule has 1 aliphatic heterocycles. The van der Waals surface area contributed by atoms with Crippen LogP contribution in [0.1, 0.15) is 55.1 Å².